The number of hydrogen-bond donors (Lipinski definition) is 0. The second-order valence-corrected chi connectivity index (χ2v) is 7.92. The van der Waals surface area contributed by atoms with Crippen molar-refractivity contribution in [2.75, 3.05) is 6.54 Å². The molecule has 1 aliphatic heterocycles. The quantitative estimate of drug-likeness (QED) is 0.310. The largest absolute Gasteiger partial charge is 0.278 e. The molecule has 1 aliphatic rings. The molecular formula is C22H33NS. The fraction of sp³-hybridized carbons (Fsp3) is 0.591. The van der Waals surface area contributed by atoms with E-state index in [9.17, 15) is 0 Å². The second kappa shape index (κ2) is 12.4. The normalized spacial score (nSPS) is 18.0. The van der Waals surface area contributed by atoms with Crippen molar-refractivity contribution in [3.63, 3.8) is 0 Å². The van der Waals surface area contributed by atoms with E-state index in [1.807, 2.05) is 11.8 Å². The van der Waals surface area contributed by atoms with Crippen molar-refractivity contribution >= 4 is 16.8 Å². The Morgan fingerprint density at radius 2 is 1.71 bits per heavy atom. The first-order valence-corrected chi connectivity index (χ1v) is 10.7. The van der Waals surface area contributed by atoms with Gasteiger partial charge >= 0.3 is 0 Å². The minimum atomic E-state index is 0.603. The van der Waals surface area contributed by atoms with Crippen molar-refractivity contribution in [3.8, 4) is 0 Å². The molecule has 0 bridgehead atoms. The molecule has 0 amide bonds. The smallest absolute Gasteiger partial charge is 0.0982 e. The fourth-order valence-electron chi connectivity index (χ4n) is 3.05. The van der Waals surface area contributed by atoms with Crippen LogP contribution in [0.2, 0.25) is 0 Å². The van der Waals surface area contributed by atoms with Crippen LogP contribution < -0.4 is 0 Å². The summed E-state index contributed by atoms with van der Waals surface area (Å²) >= 11 is 1.93. The van der Waals surface area contributed by atoms with E-state index in [0.717, 1.165) is 6.54 Å². The van der Waals surface area contributed by atoms with Crippen LogP contribution in [0.15, 0.2) is 47.5 Å². The summed E-state index contributed by atoms with van der Waals surface area (Å²) in [5.41, 5.74) is 1.27. The van der Waals surface area contributed by atoms with Crippen molar-refractivity contribution in [3.05, 3.63) is 48.0 Å². The molecule has 0 N–H and O–H groups in total. The Morgan fingerprint density at radius 1 is 1.00 bits per heavy atom. The molecule has 0 saturated carbocycles. The van der Waals surface area contributed by atoms with Gasteiger partial charge in [0.25, 0.3) is 0 Å². The Balaban J connectivity index is 1.57. The van der Waals surface area contributed by atoms with Gasteiger partial charge in [0.1, 0.15) is 0 Å². The molecule has 24 heavy (non-hydrogen) atoms. The van der Waals surface area contributed by atoms with Gasteiger partial charge in [-0.15, -0.1) is 0 Å². The summed E-state index contributed by atoms with van der Waals surface area (Å²) in [5.74, 6) is 0. The van der Waals surface area contributed by atoms with Crippen LogP contribution in [0.1, 0.15) is 76.7 Å². The monoisotopic (exact) mass is 343 g/mol. The highest BCUT2D eigenvalue weighted by Gasteiger charge is 2.15. The number of nitrogens with zero attached hydrogens (tertiary/aromatic N) is 1. The van der Waals surface area contributed by atoms with Crippen LogP contribution in [-0.4, -0.2) is 16.8 Å². The van der Waals surface area contributed by atoms with Gasteiger partial charge in [0, 0.05) is 17.4 Å². The van der Waals surface area contributed by atoms with Gasteiger partial charge in [-0.2, -0.15) is 0 Å². The third-order valence-corrected chi connectivity index (χ3v) is 5.81. The van der Waals surface area contributed by atoms with E-state index in [1.165, 1.54) is 74.8 Å². The molecule has 2 heteroatoms. The van der Waals surface area contributed by atoms with Crippen molar-refractivity contribution in [2.45, 2.75) is 76.4 Å². The standard InChI is InChI=1S/C22H33NS/c1-2-3-4-5-6-7-8-9-10-14-17-21-18-19-23-22(24-21)20-15-12-11-13-16-20/h11-17,21H,2-10,18-19H2,1H3/b17-14+. The topological polar surface area (TPSA) is 12.4 Å². The number of unbranched alkanes of at least 4 members (excludes halogenated alkanes) is 8. The van der Waals surface area contributed by atoms with Gasteiger partial charge in [0.05, 0.1) is 5.04 Å². The minimum absolute atomic E-state index is 0.603. The highest BCUT2D eigenvalue weighted by molar-refractivity contribution is 8.15. The SMILES string of the molecule is CCCCCCCCCC/C=C/C1CCN=C(c2ccccc2)S1. The van der Waals surface area contributed by atoms with Gasteiger partial charge < -0.3 is 0 Å². The second-order valence-electron chi connectivity index (χ2n) is 6.69. The molecule has 1 aromatic carbocycles. The average Bonchev–Trinajstić information content (AvgIpc) is 2.64. The number of benzene rings is 1. The molecule has 0 spiro atoms. The van der Waals surface area contributed by atoms with Gasteiger partial charge in [0.2, 0.25) is 0 Å². The van der Waals surface area contributed by atoms with E-state index in [1.54, 1.807) is 0 Å². The Morgan fingerprint density at radius 3 is 2.46 bits per heavy atom. The van der Waals surface area contributed by atoms with Crippen molar-refractivity contribution in [1.29, 1.82) is 0 Å². The third kappa shape index (κ3) is 7.70. The highest BCUT2D eigenvalue weighted by Crippen LogP contribution is 2.27. The number of thioether (sulfide) groups is 1. The highest BCUT2D eigenvalue weighted by atomic mass is 32.2. The van der Waals surface area contributed by atoms with Gasteiger partial charge in [0.15, 0.2) is 0 Å². The van der Waals surface area contributed by atoms with Gasteiger partial charge in [-0.05, 0) is 19.3 Å². The first-order chi connectivity index (χ1) is 11.9. The Labute approximate surface area is 153 Å². The molecule has 0 aliphatic carbocycles. The average molecular weight is 344 g/mol. The lowest BCUT2D eigenvalue weighted by Gasteiger charge is -2.18. The lowest BCUT2D eigenvalue weighted by Crippen LogP contribution is -2.13. The minimum Gasteiger partial charge on any atom is -0.278 e. The molecule has 0 radical (unpaired) electrons. The van der Waals surface area contributed by atoms with Crippen LogP contribution in [0.4, 0.5) is 0 Å². The van der Waals surface area contributed by atoms with E-state index in [-0.39, 0.29) is 0 Å². The molecule has 1 unspecified atom stereocenters. The third-order valence-electron chi connectivity index (χ3n) is 4.53. The van der Waals surface area contributed by atoms with Crippen LogP contribution in [0.5, 0.6) is 0 Å². The zero-order valence-corrected chi connectivity index (χ0v) is 16.1. The van der Waals surface area contributed by atoms with Gasteiger partial charge in [-0.1, -0.05) is 106 Å². The molecular weight excluding hydrogens is 310 g/mol. The van der Waals surface area contributed by atoms with E-state index in [2.05, 4.69) is 49.4 Å². The predicted octanol–water partition coefficient (Wildman–Crippen LogP) is 7.03. The summed E-state index contributed by atoms with van der Waals surface area (Å²) in [5, 5.41) is 1.82. The van der Waals surface area contributed by atoms with Crippen LogP contribution in [-0.2, 0) is 0 Å². The first-order valence-electron chi connectivity index (χ1n) is 9.83. The Bertz CT molecular complexity index is 492. The number of hydrogen-bond acceptors (Lipinski definition) is 2. The molecule has 0 fully saturated rings. The van der Waals surface area contributed by atoms with Crippen LogP contribution in [0.25, 0.3) is 0 Å². The summed E-state index contributed by atoms with van der Waals surface area (Å²) in [6.07, 6.45) is 18.5. The van der Waals surface area contributed by atoms with Crippen LogP contribution >= 0.6 is 11.8 Å². The number of allylic oxidation sites excluding steroid dienone is 1. The summed E-state index contributed by atoms with van der Waals surface area (Å²) in [6, 6.07) is 10.6. The molecule has 1 aromatic rings. The van der Waals surface area contributed by atoms with Crippen LogP contribution in [0, 0.1) is 0 Å². The maximum atomic E-state index is 4.69. The van der Waals surface area contributed by atoms with Crippen LogP contribution in [0.3, 0.4) is 0 Å². The van der Waals surface area contributed by atoms with E-state index in [4.69, 9.17) is 4.99 Å². The summed E-state index contributed by atoms with van der Waals surface area (Å²) < 4.78 is 0. The molecule has 0 saturated heterocycles. The van der Waals surface area contributed by atoms with Gasteiger partial charge in [-0.25, -0.2) is 0 Å². The van der Waals surface area contributed by atoms with E-state index < -0.39 is 0 Å². The van der Waals surface area contributed by atoms with E-state index in [0.29, 0.717) is 5.25 Å². The number of rotatable bonds is 11. The predicted molar refractivity (Wildman–Crippen MR) is 110 cm³/mol. The zero-order valence-electron chi connectivity index (χ0n) is 15.3. The van der Waals surface area contributed by atoms with E-state index >= 15 is 0 Å². The lowest BCUT2D eigenvalue weighted by molar-refractivity contribution is 0.577. The summed E-state index contributed by atoms with van der Waals surface area (Å²) in [7, 11) is 0. The maximum Gasteiger partial charge on any atom is 0.0982 e. The summed E-state index contributed by atoms with van der Waals surface area (Å²) in [4.78, 5) is 4.69. The molecule has 132 valence electrons. The molecule has 2 rings (SSSR count). The molecule has 1 heterocycles. The lowest BCUT2D eigenvalue weighted by atomic mass is 10.1. The first kappa shape index (κ1) is 19.3. The van der Waals surface area contributed by atoms with Gasteiger partial charge in [-0.3, -0.25) is 4.99 Å². The Kier molecular flexibility index (Phi) is 9.94. The van der Waals surface area contributed by atoms with Crippen molar-refractivity contribution in [1.82, 2.24) is 0 Å². The molecule has 1 nitrogen and oxygen atoms in total. The summed E-state index contributed by atoms with van der Waals surface area (Å²) in [6.45, 7) is 3.25. The zero-order chi connectivity index (χ0) is 16.9. The Hall–Kier alpha value is -1.02. The van der Waals surface area contributed by atoms with Crippen molar-refractivity contribution < 1.29 is 0 Å². The van der Waals surface area contributed by atoms with Crippen molar-refractivity contribution in [2.24, 2.45) is 4.99 Å². The molecule has 1 atom stereocenters. The number of aliphatic imine (C=N–C) groups is 1. The maximum absolute atomic E-state index is 4.69. The fourth-order valence-corrected chi connectivity index (χ4v) is 4.19. The molecule has 0 aromatic heterocycles.